The van der Waals surface area contributed by atoms with Crippen molar-refractivity contribution in [2.45, 2.75) is 37.3 Å². The molecular weight excluding hydrogens is 409 g/mol. The first-order chi connectivity index (χ1) is 14.8. The van der Waals surface area contributed by atoms with E-state index in [0.717, 1.165) is 12.1 Å². The highest BCUT2D eigenvalue weighted by Crippen LogP contribution is 2.48. The van der Waals surface area contributed by atoms with Crippen molar-refractivity contribution in [2.24, 2.45) is 5.73 Å². The second-order valence-corrected chi connectivity index (χ2v) is 7.71. The Morgan fingerprint density at radius 3 is 2.52 bits per heavy atom. The summed E-state index contributed by atoms with van der Waals surface area (Å²) in [6.45, 7) is 0. The maximum absolute atomic E-state index is 14.3. The highest BCUT2D eigenvalue weighted by molar-refractivity contribution is 5.97. The van der Waals surface area contributed by atoms with Crippen LogP contribution >= 0.6 is 0 Å². The summed E-state index contributed by atoms with van der Waals surface area (Å²) in [4.78, 5) is 15.5. The van der Waals surface area contributed by atoms with Crippen LogP contribution in [0, 0.1) is 11.6 Å². The van der Waals surface area contributed by atoms with Crippen LogP contribution < -0.4 is 5.73 Å². The van der Waals surface area contributed by atoms with Crippen LogP contribution in [0.2, 0.25) is 0 Å². The lowest BCUT2D eigenvalue weighted by molar-refractivity contribution is 0.0794. The lowest BCUT2D eigenvalue weighted by Crippen LogP contribution is -2.44. The van der Waals surface area contributed by atoms with Gasteiger partial charge in [0.25, 0.3) is 5.91 Å². The fraction of sp³-hybridized carbons (Fsp3) is 0.273. The highest BCUT2D eigenvalue weighted by Gasteiger charge is 2.48. The zero-order valence-corrected chi connectivity index (χ0v) is 16.4. The number of carbonyl (C=O) groups excluding carboxylic acids is 1. The maximum atomic E-state index is 14.3. The first-order valence-corrected chi connectivity index (χ1v) is 9.70. The van der Waals surface area contributed by atoms with Crippen molar-refractivity contribution >= 4 is 5.91 Å². The molecule has 0 bridgehead atoms. The Morgan fingerprint density at radius 2 is 1.90 bits per heavy atom. The number of amides is 1. The number of hydrogen-bond donors (Lipinski definition) is 2. The molecule has 0 spiro atoms. The number of primary amides is 1. The molecule has 3 N–H and O–H groups in total. The summed E-state index contributed by atoms with van der Waals surface area (Å²) in [6, 6.07) is 7.95. The zero-order valence-electron chi connectivity index (χ0n) is 16.4. The third kappa shape index (κ3) is 3.83. The number of aromatic hydroxyl groups is 1. The Labute approximate surface area is 176 Å². The molecule has 1 amide bonds. The molecule has 1 aliphatic rings. The minimum absolute atomic E-state index is 0.0276. The van der Waals surface area contributed by atoms with Gasteiger partial charge in [-0.2, -0.15) is 10.2 Å². The van der Waals surface area contributed by atoms with Crippen LogP contribution in [0.25, 0.3) is 11.3 Å². The van der Waals surface area contributed by atoms with Gasteiger partial charge in [0.2, 0.25) is 0 Å². The van der Waals surface area contributed by atoms with Gasteiger partial charge in [-0.05, 0) is 62.1 Å². The first-order valence-electron chi connectivity index (χ1n) is 9.70. The molecule has 3 aromatic rings. The van der Waals surface area contributed by atoms with Gasteiger partial charge in [-0.25, -0.2) is 13.2 Å². The van der Waals surface area contributed by atoms with Crippen molar-refractivity contribution in [2.75, 3.05) is 0 Å². The quantitative estimate of drug-likeness (QED) is 0.624. The summed E-state index contributed by atoms with van der Waals surface area (Å²) in [7, 11) is 0. The molecule has 2 aromatic heterocycles. The second kappa shape index (κ2) is 7.98. The summed E-state index contributed by atoms with van der Waals surface area (Å²) in [5.41, 5.74) is 4.79. The number of pyridine rings is 1. The number of benzene rings is 1. The number of hydrogen-bond acceptors (Lipinski definition) is 5. The molecular formula is C22H19F3N4O2. The molecule has 31 heavy (non-hydrogen) atoms. The van der Waals surface area contributed by atoms with E-state index in [9.17, 15) is 23.1 Å². The standard InChI is InChI=1S/C22H19F3N4O2/c23-12-10-22(11-12,20-16(25)2-1-9-27-20)8-7-13-3-6-17(29-28-13)18-15(24)5-4-14(19(18)30)21(26)31/h1-6,9,12,30H,7-8,10-11H2,(H2,26,31)/t12-,22-. The average Bonchev–Trinajstić information content (AvgIpc) is 2.71. The van der Waals surface area contributed by atoms with Gasteiger partial charge in [0.05, 0.1) is 28.2 Å². The molecule has 6 nitrogen and oxygen atoms in total. The summed E-state index contributed by atoms with van der Waals surface area (Å²) in [5, 5.41) is 18.2. The van der Waals surface area contributed by atoms with Gasteiger partial charge in [0.15, 0.2) is 0 Å². The molecule has 1 fully saturated rings. The molecule has 2 heterocycles. The number of rotatable bonds is 6. The summed E-state index contributed by atoms with van der Waals surface area (Å²) in [6.07, 6.45) is 1.66. The van der Waals surface area contributed by atoms with Gasteiger partial charge < -0.3 is 10.8 Å². The summed E-state index contributed by atoms with van der Waals surface area (Å²) >= 11 is 0. The van der Waals surface area contributed by atoms with Gasteiger partial charge in [0.1, 0.15) is 23.6 Å². The van der Waals surface area contributed by atoms with Gasteiger partial charge in [-0.1, -0.05) is 0 Å². The van der Waals surface area contributed by atoms with E-state index in [2.05, 4.69) is 15.2 Å². The van der Waals surface area contributed by atoms with E-state index >= 15 is 0 Å². The average molecular weight is 428 g/mol. The number of carbonyl (C=O) groups is 1. The van der Waals surface area contributed by atoms with Crippen LogP contribution in [0.15, 0.2) is 42.6 Å². The molecule has 1 saturated carbocycles. The summed E-state index contributed by atoms with van der Waals surface area (Å²) in [5.74, 6) is -2.75. The van der Waals surface area contributed by atoms with E-state index in [1.807, 2.05) is 0 Å². The minimum atomic E-state index is -1.00. The fourth-order valence-electron chi connectivity index (χ4n) is 4.08. The monoisotopic (exact) mass is 428 g/mol. The zero-order chi connectivity index (χ0) is 22.2. The molecule has 0 atom stereocenters. The number of alkyl halides is 1. The predicted octanol–water partition coefficient (Wildman–Crippen LogP) is 3.62. The molecule has 0 saturated heterocycles. The van der Waals surface area contributed by atoms with E-state index in [0.29, 0.717) is 18.5 Å². The molecule has 1 aromatic carbocycles. The Balaban J connectivity index is 1.55. The van der Waals surface area contributed by atoms with Crippen molar-refractivity contribution < 1.29 is 23.1 Å². The normalized spacial score (nSPS) is 20.3. The molecule has 1 aliphatic carbocycles. The molecule has 0 aliphatic heterocycles. The van der Waals surface area contributed by atoms with Crippen LogP contribution in [-0.2, 0) is 11.8 Å². The Bertz CT molecular complexity index is 1130. The van der Waals surface area contributed by atoms with Crippen LogP contribution in [-0.4, -0.2) is 32.4 Å². The Hall–Kier alpha value is -3.49. The molecule has 160 valence electrons. The number of phenols is 1. The molecule has 9 heteroatoms. The molecule has 4 rings (SSSR count). The van der Waals surface area contributed by atoms with Crippen molar-refractivity contribution in [1.29, 1.82) is 0 Å². The van der Waals surface area contributed by atoms with Gasteiger partial charge in [-0.3, -0.25) is 9.78 Å². The van der Waals surface area contributed by atoms with Crippen molar-refractivity contribution in [3.8, 4) is 17.0 Å². The topological polar surface area (TPSA) is 102 Å². The predicted molar refractivity (Wildman–Crippen MR) is 106 cm³/mol. The number of nitrogens with zero attached hydrogens (tertiary/aromatic N) is 3. The number of nitrogens with two attached hydrogens (primary N) is 1. The lowest BCUT2D eigenvalue weighted by atomic mass is 9.62. The highest BCUT2D eigenvalue weighted by atomic mass is 19.1. The van der Waals surface area contributed by atoms with Crippen LogP contribution in [0.4, 0.5) is 13.2 Å². The molecule has 0 radical (unpaired) electrons. The third-order valence-electron chi connectivity index (χ3n) is 5.71. The third-order valence-corrected chi connectivity index (χ3v) is 5.71. The van der Waals surface area contributed by atoms with Gasteiger partial charge >= 0.3 is 0 Å². The number of halogens is 3. The largest absolute Gasteiger partial charge is 0.506 e. The maximum Gasteiger partial charge on any atom is 0.252 e. The molecule has 0 unspecified atom stereocenters. The lowest BCUT2D eigenvalue weighted by Gasteiger charge is -2.44. The van der Waals surface area contributed by atoms with Crippen LogP contribution in [0.5, 0.6) is 5.75 Å². The smallest absolute Gasteiger partial charge is 0.252 e. The van der Waals surface area contributed by atoms with E-state index < -0.39 is 34.9 Å². The van der Waals surface area contributed by atoms with E-state index in [4.69, 9.17) is 5.73 Å². The van der Waals surface area contributed by atoms with Crippen LogP contribution in [0.3, 0.4) is 0 Å². The van der Waals surface area contributed by atoms with Crippen molar-refractivity contribution in [3.05, 3.63) is 71.2 Å². The van der Waals surface area contributed by atoms with Crippen molar-refractivity contribution in [3.63, 3.8) is 0 Å². The first kappa shape index (κ1) is 20.8. The van der Waals surface area contributed by atoms with E-state index in [1.165, 1.54) is 24.4 Å². The Kier molecular flexibility index (Phi) is 5.34. The van der Waals surface area contributed by atoms with Crippen LogP contribution in [0.1, 0.15) is 41.0 Å². The number of aryl methyl sites for hydroxylation is 1. The van der Waals surface area contributed by atoms with E-state index in [1.54, 1.807) is 6.07 Å². The van der Waals surface area contributed by atoms with Gasteiger partial charge in [-0.15, -0.1) is 0 Å². The minimum Gasteiger partial charge on any atom is -0.506 e. The Morgan fingerprint density at radius 1 is 1.13 bits per heavy atom. The SMILES string of the molecule is NC(=O)c1ccc(F)c(-c2ccc(CC[C@]3(c4ncccc4F)C[C@H](F)C3)nn2)c1O. The second-order valence-electron chi connectivity index (χ2n) is 7.71. The van der Waals surface area contributed by atoms with Crippen molar-refractivity contribution in [1.82, 2.24) is 15.2 Å². The van der Waals surface area contributed by atoms with Gasteiger partial charge in [0, 0.05) is 11.6 Å². The van der Waals surface area contributed by atoms with E-state index in [-0.39, 0.29) is 35.4 Å². The number of aromatic nitrogens is 3. The summed E-state index contributed by atoms with van der Waals surface area (Å²) < 4.78 is 42.2. The fourth-order valence-corrected chi connectivity index (χ4v) is 4.08.